The fourth-order valence-corrected chi connectivity index (χ4v) is 1.94. The lowest BCUT2D eigenvalue weighted by Crippen LogP contribution is -2.17. The number of hydrogen-bond acceptors (Lipinski definition) is 4. The van der Waals surface area contributed by atoms with E-state index in [2.05, 4.69) is 4.98 Å². The van der Waals surface area contributed by atoms with Crippen molar-refractivity contribution in [1.82, 2.24) is 4.98 Å². The van der Waals surface area contributed by atoms with E-state index in [9.17, 15) is 9.18 Å². The van der Waals surface area contributed by atoms with Gasteiger partial charge in [0.2, 0.25) is 0 Å². The van der Waals surface area contributed by atoms with Crippen LogP contribution in [0, 0.1) is 5.82 Å². The predicted octanol–water partition coefficient (Wildman–Crippen LogP) is 1.97. The minimum atomic E-state index is -0.668. The zero-order valence-corrected chi connectivity index (χ0v) is 12.0. The van der Waals surface area contributed by atoms with E-state index in [1.165, 1.54) is 18.3 Å². The SMILES string of the molecule is C/C(N)=C(\C(N)=O)c1cc(OCc2ccccc2F)ccn1. The molecule has 1 aromatic heterocycles. The Bertz CT molecular complexity index is 725. The quantitative estimate of drug-likeness (QED) is 0.826. The Morgan fingerprint density at radius 2 is 2.00 bits per heavy atom. The summed E-state index contributed by atoms with van der Waals surface area (Å²) in [5.41, 5.74) is 12.1. The first kappa shape index (κ1) is 15.5. The van der Waals surface area contributed by atoms with Crippen molar-refractivity contribution in [1.29, 1.82) is 0 Å². The molecule has 0 saturated carbocycles. The monoisotopic (exact) mass is 301 g/mol. The number of amides is 1. The van der Waals surface area contributed by atoms with Crippen molar-refractivity contribution in [3.05, 3.63) is 65.4 Å². The van der Waals surface area contributed by atoms with E-state index < -0.39 is 5.91 Å². The number of primary amides is 1. The molecule has 0 unspecified atom stereocenters. The summed E-state index contributed by atoms with van der Waals surface area (Å²) >= 11 is 0. The Labute approximate surface area is 127 Å². The van der Waals surface area contributed by atoms with Crippen molar-refractivity contribution in [2.24, 2.45) is 11.5 Å². The van der Waals surface area contributed by atoms with E-state index in [1.54, 1.807) is 31.2 Å². The number of rotatable bonds is 5. The molecule has 114 valence electrons. The van der Waals surface area contributed by atoms with Gasteiger partial charge < -0.3 is 16.2 Å². The number of nitrogens with two attached hydrogens (primary N) is 2. The number of benzene rings is 1. The van der Waals surface area contributed by atoms with Gasteiger partial charge in [-0.1, -0.05) is 18.2 Å². The molecule has 0 aliphatic carbocycles. The van der Waals surface area contributed by atoms with Crippen LogP contribution in [0.1, 0.15) is 18.2 Å². The summed E-state index contributed by atoms with van der Waals surface area (Å²) in [7, 11) is 0. The molecule has 6 heteroatoms. The van der Waals surface area contributed by atoms with Crippen LogP contribution in [0.15, 0.2) is 48.3 Å². The van der Waals surface area contributed by atoms with Crippen molar-refractivity contribution in [2.45, 2.75) is 13.5 Å². The summed E-state index contributed by atoms with van der Waals surface area (Å²) < 4.78 is 19.1. The number of hydrogen-bond donors (Lipinski definition) is 2. The van der Waals surface area contributed by atoms with Crippen LogP contribution >= 0.6 is 0 Å². The molecule has 1 heterocycles. The Morgan fingerprint density at radius 1 is 1.27 bits per heavy atom. The van der Waals surface area contributed by atoms with Crippen molar-refractivity contribution >= 4 is 11.5 Å². The smallest absolute Gasteiger partial charge is 0.252 e. The van der Waals surface area contributed by atoms with Gasteiger partial charge >= 0.3 is 0 Å². The van der Waals surface area contributed by atoms with E-state index in [-0.39, 0.29) is 23.7 Å². The van der Waals surface area contributed by atoms with Gasteiger partial charge in [0.1, 0.15) is 18.2 Å². The first-order valence-corrected chi connectivity index (χ1v) is 6.58. The van der Waals surface area contributed by atoms with Gasteiger partial charge in [0.15, 0.2) is 0 Å². The van der Waals surface area contributed by atoms with Crippen LogP contribution in [-0.2, 0) is 11.4 Å². The van der Waals surface area contributed by atoms with Crippen LogP contribution in [0.25, 0.3) is 5.57 Å². The maximum atomic E-state index is 13.5. The second kappa shape index (κ2) is 6.71. The van der Waals surface area contributed by atoms with Gasteiger partial charge in [-0.3, -0.25) is 9.78 Å². The number of nitrogens with zero attached hydrogens (tertiary/aromatic N) is 1. The molecule has 22 heavy (non-hydrogen) atoms. The topological polar surface area (TPSA) is 91.2 Å². The molecule has 2 aromatic rings. The number of halogens is 1. The number of ether oxygens (including phenoxy) is 1. The average molecular weight is 301 g/mol. The van der Waals surface area contributed by atoms with Gasteiger partial charge in [0.25, 0.3) is 5.91 Å². The van der Waals surface area contributed by atoms with E-state index in [4.69, 9.17) is 16.2 Å². The predicted molar refractivity (Wildman–Crippen MR) is 80.9 cm³/mol. The molecule has 0 radical (unpaired) electrons. The molecule has 1 aromatic carbocycles. The summed E-state index contributed by atoms with van der Waals surface area (Å²) in [6, 6.07) is 9.48. The van der Waals surface area contributed by atoms with Gasteiger partial charge in [0, 0.05) is 23.5 Å². The highest BCUT2D eigenvalue weighted by molar-refractivity contribution is 6.18. The van der Waals surface area contributed by atoms with Crippen LogP contribution in [-0.4, -0.2) is 10.9 Å². The molecular weight excluding hydrogens is 285 g/mol. The Kier molecular flexibility index (Phi) is 4.73. The Morgan fingerprint density at radius 3 is 2.64 bits per heavy atom. The molecular formula is C16H16FN3O2. The third-order valence-electron chi connectivity index (χ3n) is 2.98. The van der Waals surface area contributed by atoms with E-state index in [0.29, 0.717) is 17.0 Å². The highest BCUT2D eigenvalue weighted by atomic mass is 19.1. The third kappa shape index (κ3) is 3.60. The molecule has 0 aliphatic rings. The molecule has 0 atom stereocenters. The summed E-state index contributed by atoms with van der Waals surface area (Å²) in [5.74, 6) is -0.570. The fourth-order valence-electron chi connectivity index (χ4n) is 1.94. The fraction of sp³-hybridized carbons (Fsp3) is 0.125. The number of carbonyl (C=O) groups is 1. The largest absolute Gasteiger partial charge is 0.489 e. The highest BCUT2D eigenvalue weighted by Gasteiger charge is 2.13. The van der Waals surface area contributed by atoms with Gasteiger partial charge in [-0.2, -0.15) is 0 Å². The van der Waals surface area contributed by atoms with Crippen molar-refractivity contribution < 1.29 is 13.9 Å². The number of pyridine rings is 1. The second-order valence-electron chi connectivity index (χ2n) is 4.68. The van der Waals surface area contributed by atoms with E-state index in [0.717, 1.165) is 0 Å². The highest BCUT2D eigenvalue weighted by Crippen LogP contribution is 2.20. The standard InChI is InChI=1S/C16H16FN3O2/c1-10(18)15(16(19)21)14-8-12(6-7-20-14)22-9-11-4-2-3-5-13(11)17/h2-8H,9,18H2,1H3,(H2,19,21)/b15-10+. The lowest BCUT2D eigenvalue weighted by atomic mass is 10.1. The zero-order chi connectivity index (χ0) is 16.1. The first-order chi connectivity index (χ1) is 10.5. The minimum absolute atomic E-state index is 0.0629. The van der Waals surface area contributed by atoms with Gasteiger partial charge in [-0.15, -0.1) is 0 Å². The molecule has 0 aliphatic heterocycles. The van der Waals surface area contributed by atoms with Crippen molar-refractivity contribution in [2.75, 3.05) is 0 Å². The Hall–Kier alpha value is -2.89. The molecule has 0 saturated heterocycles. The molecule has 0 fully saturated rings. The average Bonchev–Trinajstić information content (AvgIpc) is 2.46. The summed E-state index contributed by atoms with van der Waals surface area (Å²) in [5, 5.41) is 0. The van der Waals surface area contributed by atoms with Crippen molar-refractivity contribution in [3.63, 3.8) is 0 Å². The molecule has 2 rings (SSSR count). The number of allylic oxidation sites excluding steroid dienone is 1. The number of aromatic nitrogens is 1. The summed E-state index contributed by atoms with van der Waals surface area (Å²) in [6.45, 7) is 1.63. The van der Waals surface area contributed by atoms with Crippen LogP contribution in [0.3, 0.4) is 0 Å². The molecule has 5 nitrogen and oxygen atoms in total. The van der Waals surface area contributed by atoms with Gasteiger partial charge in [-0.25, -0.2) is 4.39 Å². The summed E-state index contributed by atoms with van der Waals surface area (Å²) in [6.07, 6.45) is 1.47. The minimum Gasteiger partial charge on any atom is -0.489 e. The normalized spacial score (nSPS) is 11.7. The Balaban J connectivity index is 2.21. The summed E-state index contributed by atoms with van der Waals surface area (Å²) in [4.78, 5) is 15.5. The second-order valence-corrected chi connectivity index (χ2v) is 4.68. The molecule has 0 spiro atoms. The lowest BCUT2D eigenvalue weighted by Gasteiger charge is -2.10. The van der Waals surface area contributed by atoms with Crippen LogP contribution in [0.2, 0.25) is 0 Å². The number of carbonyl (C=O) groups excluding carboxylic acids is 1. The molecule has 0 bridgehead atoms. The van der Waals surface area contributed by atoms with Crippen LogP contribution in [0.4, 0.5) is 4.39 Å². The maximum Gasteiger partial charge on any atom is 0.252 e. The van der Waals surface area contributed by atoms with Crippen LogP contribution < -0.4 is 16.2 Å². The third-order valence-corrected chi connectivity index (χ3v) is 2.98. The lowest BCUT2D eigenvalue weighted by molar-refractivity contribution is -0.112. The van der Waals surface area contributed by atoms with Gasteiger partial charge in [0.05, 0.1) is 11.3 Å². The first-order valence-electron chi connectivity index (χ1n) is 6.58. The van der Waals surface area contributed by atoms with Crippen molar-refractivity contribution in [3.8, 4) is 5.75 Å². The van der Waals surface area contributed by atoms with Gasteiger partial charge in [-0.05, 0) is 19.1 Å². The molecule has 4 N–H and O–H groups in total. The maximum absolute atomic E-state index is 13.5. The van der Waals surface area contributed by atoms with E-state index in [1.807, 2.05) is 0 Å². The van der Waals surface area contributed by atoms with Crippen LogP contribution in [0.5, 0.6) is 5.75 Å². The molecule has 1 amide bonds. The zero-order valence-electron chi connectivity index (χ0n) is 12.0. The van der Waals surface area contributed by atoms with E-state index >= 15 is 0 Å².